The van der Waals surface area contributed by atoms with Crippen molar-refractivity contribution in [2.45, 2.75) is 46.8 Å². The van der Waals surface area contributed by atoms with Crippen LogP contribution in [0.3, 0.4) is 0 Å². The van der Waals surface area contributed by atoms with Gasteiger partial charge in [-0.3, -0.25) is 9.59 Å². The fourth-order valence-electron chi connectivity index (χ4n) is 2.79. The molecule has 25 heavy (non-hydrogen) atoms. The molecule has 1 aromatic rings. The first-order valence-electron chi connectivity index (χ1n) is 8.17. The molecule has 0 spiro atoms. The van der Waals surface area contributed by atoms with Crippen molar-refractivity contribution < 1.29 is 23.9 Å². The van der Waals surface area contributed by atoms with E-state index >= 15 is 0 Å². The molecule has 0 saturated carbocycles. The summed E-state index contributed by atoms with van der Waals surface area (Å²) in [4.78, 5) is 38.6. The van der Waals surface area contributed by atoms with Gasteiger partial charge in [-0.25, -0.2) is 4.79 Å². The standard InChI is InChI=1S/C17H24N2O5S/c1-9-6-19(7-10(2)24-9)14(21)8-23-17(22)15-11(3)12(4)25-16(15)18-13(5)20/h9-10H,6-8H2,1-5H3,(H,18,20)/t9-,10+. The van der Waals surface area contributed by atoms with Crippen molar-refractivity contribution in [2.75, 3.05) is 25.0 Å². The number of thiophene rings is 1. The number of aryl methyl sites for hydroxylation is 1. The number of hydrogen-bond donors (Lipinski definition) is 1. The van der Waals surface area contributed by atoms with E-state index in [4.69, 9.17) is 9.47 Å². The number of hydrogen-bond acceptors (Lipinski definition) is 6. The maximum absolute atomic E-state index is 12.4. The zero-order chi connectivity index (χ0) is 18.7. The van der Waals surface area contributed by atoms with Gasteiger partial charge in [0, 0.05) is 24.9 Å². The minimum absolute atomic E-state index is 0.0449. The summed E-state index contributed by atoms with van der Waals surface area (Å²) in [6, 6.07) is 0. The number of nitrogens with zero attached hydrogens (tertiary/aromatic N) is 1. The molecule has 0 aromatic carbocycles. The number of carbonyl (C=O) groups excluding carboxylic acids is 3. The lowest BCUT2D eigenvalue weighted by Crippen LogP contribution is -2.49. The minimum Gasteiger partial charge on any atom is -0.452 e. The fourth-order valence-corrected chi connectivity index (χ4v) is 3.89. The number of ether oxygens (including phenoxy) is 2. The topological polar surface area (TPSA) is 84.9 Å². The quantitative estimate of drug-likeness (QED) is 0.823. The molecule has 1 aliphatic heterocycles. The third-order valence-electron chi connectivity index (χ3n) is 3.98. The van der Waals surface area contributed by atoms with Gasteiger partial charge in [0.25, 0.3) is 5.91 Å². The lowest BCUT2D eigenvalue weighted by molar-refractivity contribution is -0.146. The number of rotatable bonds is 4. The van der Waals surface area contributed by atoms with E-state index in [1.54, 1.807) is 11.8 Å². The molecule has 1 saturated heterocycles. The summed E-state index contributed by atoms with van der Waals surface area (Å²) in [6.45, 7) is 9.47. The summed E-state index contributed by atoms with van der Waals surface area (Å²) in [6.07, 6.45) is -0.0897. The summed E-state index contributed by atoms with van der Waals surface area (Å²) in [5.74, 6) is -1.11. The average Bonchev–Trinajstić information content (AvgIpc) is 2.77. The van der Waals surface area contributed by atoms with E-state index in [-0.39, 0.29) is 30.6 Å². The van der Waals surface area contributed by atoms with Crippen LogP contribution in [0.4, 0.5) is 5.00 Å². The van der Waals surface area contributed by atoms with E-state index in [9.17, 15) is 14.4 Å². The van der Waals surface area contributed by atoms with Crippen molar-refractivity contribution in [1.29, 1.82) is 0 Å². The van der Waals surface area contributed by atoms with Crippen LogP contribution in [-0.4, -0.2) is 54.6 Å². The molecule has 2 rings (SSSR count). The molecule has 1 aromatic heterocycles. The molecule has 1 fully saturated rings. The van der Waals surface area contributed by atoms with Crippen LogP contribution in [0.15, 0.2) is 0 Å². The Morgan fingerprint density at radius 2 is 1.84 bits per heavy atom. The molecule has 138 valence electrons. The van der Waals surface area contributed by atoms with Gasteiger partial charge >= 0.3 is 5.97 Å². The van der Waals surface area contributed by atoms with E-state index in [2.05, 4.69) is 5.32 Å². The fraction of sp³-hybridized carbons (Fsp3) is 0.588. The SMILES string of the molecule is CC(=O)Nc1sc(C)c(C)c1C(=O)OCC(=O)N1C[C@@H](C)O[C@@H](C)C1. The maximum Gasteiger partial charge on any atom is 0.341 e. The molecule has 2 atom stereocenters. The van der Waals surface area contributed by atoms with E-state index < -0.39 is 5.97 Å². The van der Waals surface area contributed by atoms with Crippen LogP contribution >= 0.6 is 11.3 Å². The lowest BCUT2D eigenvalue weighted by atomic mass is 10.1. The first-order chi connectivity index (χ1) is 11.7. The van der Waals surface area contributed by atoms with Gasteiger partial charge in [-0.1, -0.05) is 0 Å². The average molecular weight is 368 g/mol. The van der Waals surface area contributed by atoms with Crippen molar-refractivity contribution >= 4 is 34.1 Å². The zero-order valence-electron chi connectivity index (χ0n) is 15.2. The Labute approximate surface area is 151 Å². The van der Waals surface area contributed by atoms with Gasteiger partial charge in [0.2, 0.25) is 5.91 Å². The third-order valence-corrected chi connectivity index (χ3v) is 5.10. The van der Waals surface area contributed by atoms with Gasteiger partial charge in [-0.2, -0.15) is 0 Å². The molecule has 1 aliphatic rings. The number of nitrogens with one attached hydrogen (secondary N) is 1. The molecule has 0 aliphatic carbocycles. The molecule has 0 unspecified atom stereocenters. The Kier molecular flexibility index (Phi) is 6.18. The molecule has 0 bridgehead atoms. The summed E-state index contributed by atoms with van der Waals surface area (Å²) in [5, 5.41) is 3.10. The number of amides is 2. The Hall–Kier alpha value is -1.93. The second kappa shape index (κ2) is 7.97. The van der Waals surface area contributed by atoms with E-state index in [0.717, 1.165) is 10.4 Å². The molecular formula is C17H24N2O5S. The summed E-state index contributed by atoms with van der Waals surface area (Å²) >= 11 is 1.32. The van der Waals surface area contributed by atoms with Gasteiger partial charge in [0.15, 0.2) is 6.61 Å². The van der Waals surface area contributed by atoms with Crippen LogP contribution in [0, 0.1) is 13.8 Å². The normalized spacial score (nSPS) is 20.3. The van der Waals surface area contributed by atoms with Crippen LogP contribution in [0.1, 0.15) is 41.6 Å². The Balaban J connectivity index is 2.03. The number of esters is 1. The van der Waals surface area contributed by atoms with Gasteiger partial charge in [0.1, 0.15) is 5.00 Å². The van der Waals surface area contributed by atoms with E-state index in [1.807, 2.05) is 20.8 Å². The second-order valence-corrected chi connectivity index (χ2v) is 7.53. The molecule has 8 heteroatoms. The number of morpholine rings is 1. The highest BCUT2D eigenvalue weighted by Gasteiger charge is 2.27. The first kappa shape index (κ1) is 19.4. The van der Waals surface area contributed by atoms with Crippen molar-refractivity contribution in [1.82, 2.24) is 4.90 Å². The first-order valence-corrected chi connectivity index (χ1v) is 8.98. The Morgan fingerprint density at radius 1 is 1.24 bits per heavy atom. The highest BCUT2D eigenvalue weighted by atomic mass is 32.1. The molecular weight excluding hydrogens is 344 g/mol. The molecule has 1 N–H and O–H groups in total. The molecule has 2 heterocycles. The summed E-state index contributed by atoms with van der Waals surface area (Å²) in [5.41, 5.74) is 1.06. The van der Waals surface area contributed by atoms with Crippen LogP contribution in [0.25, 0.3) is 0 Å². The second-order valence-electron chi connectivity index (χ2n) is 6.30. The largest absolute Gasteiger partial charge is 0.452 e. The third kappa shape index (κ3) is 4.79. The molecule has 2 amide bonds. The Bertz CT molecular complexity index is 675. The maximum atomic E-state index is 12.4. The minimum atomic E-state index is -0.603. The van der Waals surface area contributed by atoms with Gasteiger partial charge < -0.3 is 19.7 Å². The smallest absolute Gasteiger partial charge is 0.341 e. The van der Waals surface area contributed by atoms with Crippen molar-refractivity contribution in [3.63, 3.8) is 0 Å². The summed E-state index contributed by atoms with van der Waals surface area (Å²) in [7, 11) is 0. The molecule has 7 nitrogen and oxygen atoms in total. The zero-order valence-corrected chi connectivity index (χ0v) is 16.0. The predicted octanol–water partition coefficient (Wildman–Crippen LogP) is 2.12. The molecule has 0 radical (unpaired) electrons. The van der Waals surface area contributed by atoms with Gasteiger partial charge in [-0.15, -0.1) is 11.3 Å². The number of anilines is 1. The monoisotopic (exact) mass is 368 g/mol. The van der Waals surface area contributed by atoms with Gasteiger partial charge in [-0.05, 0) is 33.3 Å². The van der Waals surface area contributed by atoms with E-state index in [0.29, 0.717) is 23.7 Å². The van der Waals surface area contributed by atoms with Crippen LogP contribution < -0.4 is 5.32 Å². The van der Waals surface area contributed by atoms with Crippen LogP contribution in [0.5, 0.6) is 0 Å². The predicted molar refractivity (Wildman–Crippen MR) is 95.0 cm³/mol. The summed E-state index contributed by atoms with van der Waals surface area (Å²) < 4.78 is 10.8. The highest BCUT2D eigenvalue weighted by molar-refractivity contribution is 7.16. The van der Waals surface area contributed by atoms with Crippen molar-refractivity contribution in [3.8, 4) is 0 Å². The number of carbonyl (C=O) groups is 3. The van der Waals surface area contributed by atoms with Gasteiger partial charge in [0.05, 0.1) is 17.8 Å². The lowest BCUT2D eigenvalue weighted by Gasteiger charge is -2.35. The van der Waals surface area contributed by atoms with E-state index in [1.165, 1.54) is 18.3 Å². The highest BCUT2D eigenvalue weighted by Crippen LogP contribution is 2.33. The van der Waals surface area contributed by atoms with Crippen LogP contribution in [-0.2, 0) is 19.1 Å². The van der Waals surface area contributed by atoms with Crippen LogP contribution in [0.2, 0.25) is 0 Å². The van der Waals surface area contributed by atoms with Crippen molar-refractivity contribution in [3.05, 3.63) is 16.0 Å². The van der Waals surface area contributed by atoms with Crippen molar-refractivity contribution in [2.24, 2.45) is 0 Å². The Morgan fingerprint density at radius 3 is 2.40 bits per heavy atom.